The second kappa shape index (κ2) is 6.34. The quantitative estimate of drug-likeness (QED) is 0.584. The van der Waals surface area contributed by atoms with Crippen molar-refractivity contribution in [2.45, 2.75) is 19.9 Å². The van der Waals surface area contributed by atoms with Crippen LogP contribution in [0.2, 0.25) is 0 Å². The third kappa shape index (κ3) is 2.84. The first-order valence-corrected chi connectivity index (χ1v) is 7.26. The monoisotopic (exact) mass is 388 g/mol. The Hall–Kier alpha value is -1.44. The molecule has 0 atom stereocenters. The normalized spacial score (nSPS) is 10.6. The van der Waals surface area contributed by atoms with Gasteiger partial charge < -0.3 is 4.74 Å². The van der Waals surface area contributed by atoms with Gasteiger partial charge in [0.1, 0.15) is 5.82 Å². The summed E-state index contributed by atoms with van der Waals surface area (Å²) in [5.41, 5.74) is 0.849. The van der Waals surface area contributed by atoms with Crippen LogP contribution in [0.1, 0.15) is 29.4 Å². The van der Waals surface area contributed by atoms with E-state index in [1.54, 1.807) is 4.68 Å². The number of carbonyl (C=O) groups excluding carboxylic acids is 1. The van der Waals surface area contributed by atoms with Crippen molar-refractivity contribution in [3.63, 3.8) is 0 Å². The van der Waals surface area contributed by atoms with Crippen LogP contribution in [-0.4, -0.2) is 22.7 Å². The minimum absolute atomic E-state index is 0.211. The van der Waals surface area contributed by atoms with Crippen LogP contribution in [0.5, 0.6) is 5.75 Å². The van der Waals surface area contributed by atoms with E-state index in [0.717, 1.165) is 6.42 Å². The molecule has 0 spiro atoms. The molecule has 0 aliphatic rings. The zero-order chi connectivity index (χ0) is 14.7. The van der Waals surface area contributed by atoms with Crippen LogP contribution in [0, 0.1) is 9.39 Å². The van der Waals surface area contributed by atoms with E-state index in [-0.39, 0.29) is 11.6 Å². The van der Waals surface area contributed by atoms with E-state index < -0.39 is 0 Å². The van der Waals surface area contributed by atoms with Gasteiger partial charge in [0, 0.05) is 15.7 Å². The molecule has 1 heterocycles. The van der Waals surface area contributed by atoms with E-state index in [4.69, 9.17) is 4.74 Å². The second-order valence-electron chi connectivity index (χ2n) is 4.24. The lowest BCUT2D eigenvalue weighted by atomic mass is 10.1. The number of ketones is 1. The van der Waals surface area contributed by atoms with E-state index in [9.17, 15) is 9.18 Å². The van der Waals surface area contributed by atoms with Crippen molar-refractivity contribution in [3.8, 4) is 5.75 Å². The SMILES string of the molecule is CCCn1ncc(OC)c1C(=O)c1ccc(F)cc1I. The fourth-order valence-corrected chi connectivity index (χ4v) is 2.65. The first-order chi connectivity index (χ1) is 9.58. The molecule has 106 valence electrons. The summed E-state index contributed by atoms with van der Waals surface area (Å²) in [6.45, 7) is 2.63. The van der Waals surface area contributed by atoms with Crippen molar-refractivity contribution in [1.29, 1.82) is 0 Å². The lowest BCUT2D eigenvalue weighted by Gasteiger charge is -2.08. The summed E-state index contributed by atoms with van der Waals surface area (Å²) in [4.78, 5) is 12.6. The molecule has 0 amide bonds. The number of ether oxygens (including phenoxy) is 1. The van der Waals surface area contributed by atoms with Crippen molar-refractivity contribution >= 4 is 28.4 Å². The average molecular weight is 388 g/mol. The highest BCUT2D eigenvalue weighted by molar-refractivity contribution is 14.1. The molecule has 0 N–H and O–H groups in total. The van der Waals surface area contributed by atoms with Gasteiger partial charge in [0.2, 0.25) is 5.78 Å². The summed E-state index contributed by atoms with van der Waals surface area (Å²) in [5, 5.41) is 4.16. The smallest absolute Gasteiger partial charge is 0.215 e. The number of aromatic nitrogens is 2. The van der Waals surface area contributed by atoms with Crippen LogP contribution in [0.3, 0.4) is 0 Å². The predicted octanol–water partition coefficient (Wildman–Crippen LogP) is 3.28. The second-order valence-corrected chi connectivity index (χ2v) is 5.40. The number of methoxy groups -OCH3 is 1. The van der Waals surface area contributed by atoms with Crippen LogP contribution >= 0.6 is 22.6 Å². The van der Waals surface area contributed by atoms with Gasteiger partial charge in [-0.15, -0.1) is 0 Å². The molecule has 6 heteroatoms. The van der Waals surface area contributed by atoms with Gasteiger partial charge in [0.25, 0.3) is 0 Å². The zero-order valence-corrected chi connectivity index (χ0v) is 13.3. The Kier molecular flexibility index (Phi) is 4.74. The van der Waals surface area contributed by atoms with Crippen LogP contribution in [-0.2, 0) is 6.54 Å². The molecule has 0 saturated carbocycles. The number of halogens is 2. The van der Waals surface area contributed by atoms with Crippen LogP contribution in [0.4, 0.5) is 4.39 Å². The number of rotatable bonds is 5. The van der Waals surface area contributed by atoms with Gasteiger partial charge in [-0.3, -0.25) is 9.48 Å². The summed E-state index contributed by atoms with van der Waals surface area (Å²) in [5.74, 6) is -0.138. The lowest BCUT2D eigenvalue weighted by Crippen LogP contribution is -2.13. The summed E-state index contributed by atoms with van der Waals surface area (Å²) < 4.78 is 20.5. The lowest BCUT2D eigenvalue weighted by molar-refractivity contribution is 0.102. The highest BCUT2D eigenvalue weighted by Gasteiger charge is 2.22. The molecule has 0 bridgehead atoms. The Bertz CT molecular complexity index is 640. The maximum absolute atomic E-state index is 13.1. The molecule has 0 aliphatic carbocycles. The van der Waals surface area contributed by atoms with E-state index in [1.165, 1.54) is 31.5 Å². The van der Waals surface area contributed by atoms with Crippen molar-refractivity contribution < 1.29 is 13.9 Å². The van der Waals surface area contributed by atoms with Gasteiger partial charge in [0.15, 0.2) is 11.4 Å². The predicted molar refractivity (Wildman–Crippen MR) is 81.6 cm³/mol. The topological polar surface area (TPSA) is 44.1 Å². The molecule has 2 rings (SSSR count). The van der Waals surface area contributed by atoms with Gasteiger partial charge in [-0.1, -0.05) is 6.92 Å². The Morgan fingerprint density at radius 3 is 2.85 bits per heavy atom. The number of hydrogen-bond acceptors (Lipinski definition) is 3. The number of aryl methyl sites for hydroxylation is 1. The highest BCUT2D eigenvalue weighted by atomic mass is 127. The Labute approximate surface area is 130 Å². The minimum Gasteiger partial charge on any atom is -0.493 e. The molecule has 0 aliphatic heterocycles. The summed E-state index contributed by atoms with van der Waals surface area (Å²) >= 11 is 1.95. The molecule has 1 aromatic heterocycles. The first kappa shape index (κ1) is 15.0. The molecule has 20 heavy (non-hydrogen) atoms. The summed E-state index contributed by atoms with van der Waals surface area (Å²) in [6.07, 6.45) is 2.38. The van der Waals surface area contributed by atoms with Crippen LogP contribution < -0.4 is 4.74 Å². The van der Waals surface area contributed by atoms with Crippen molar-refractivity contribution in [2.24, 2.45) is 0 Å². The third-order valence-electron chi connectivity index (χ3n) is 2.85. The fourth-order valence-electron chi connectivity index (χ4n) is 1.93. The van der Waals surface area contributed by atoms with Gasteiger partial charge in [0.05, 0.1) is 13.3 Å². The molecule has 4 nitrogen and oxygen atoms in total. The number of carbonyl (C=O) groups is 1. The molecule has 0 fully saturated rings. The molecule has 1 aromatic carbocycles. The minimum atomic E-state index is -0.361. The molecular weight excluding hydrogens is 374 g/mol. The van der Waals surface area contributed by atoms with Crippen LogP contribution in [0.25, 0.3) is 0 Å². The van der Waals surface area contributed by atoms with Gasteiger partial charge in [-0.25, -0.2) is 4.39 Å². The van der Waals surface area contributed by atoms with Gasteiger partial charge >= 0.3 is 0 Å². The fraction of sp³-hybridized carbons (Fsp3) is 0.286. The molecule has 0 radical (unpaired) electrons. The Balaban J connectivity index is 2.49. The molecular formula is C14H14FIN2O2. The largest absolute Gasteiger partial charge is 0.493 e. The maximum Gasteiger partial charge on any atom is 0.215 e. The molecule has 2 aromatic rings. The standard InChI is InChI=1S/C14H14FIN2O2/c1-3-6-18-13(12(20-2)8-17-18)14(19)10-5-4-9(15)7-11(10)16/h4-5,7-8H,3,6H2,1-2H3. The summed E-state index contributed by atoms with van der Waals surface area (Å²) in [6, 6.07) is 4.10. The van der Waals surface area contributed by atoms with E-state index in [1.807, 2.05) is 29.5 Å². The van der Waals surface area contributed by atoms with Gasteiger partial charge in [-0.2, -0.15) is 5.10 Å². The van der Waals surface area contributed by atoms with Crippen molar-refractivity contribution in [2.75, 3.05) is 7.11 Å². The van der Waals surface area contributed by atoms with Crippen molar-refractivity contribution in [1.82, 2.24) is 9.78 Å². The zero-order valence-electron chi connectivity index (χ0n) is 11.2. The highest BCUT2D eigenvalue weighted by Crippen LogP contribution is 2.24. The van der Waals surface area contributed by atoms with Gasteiger partial charge in [-0.05, 0) is 47.2 Å². The molecule has 0 unspecified atom stereocenters. The van der Waals surface area contributed by atoms with E-state index in [2.05, 4.69) is 5.10 Å². The summed E-state index contributed by atoms with van der Waals surface area (Å²) in [7, 11) is 1.50. The Morgan fingerprint density at radius 1 is 1.50 bits per heavy atom. The van der Waals surface area contributed by atoms with E-state index in [0.29, 0.717) is 27.1 Å². The average Bonchev–Trinajstić information content (AvgIpc) is 2.81. The third-order valence-corrected chi connectivity index (χ3v) is 3.74. The number of hydrogen-bond donors (Lipinski definition) is 0. The number of benzene rings is 1. The van der Waals surface area contributed by atoms with E-state index >= 15 is 0 Å². The number of nitrogens with zero attached hydrogens (tertiary/aromatic N) is 2. The maximum atomic E-state index is 13.1. The van der Waals surface area contributed by atoms with Crippen molar-refractivity contribution in [3.05, 3.63) is 45.0 Å². The first-order valence-electron chi connectivity index (χ1n) is 6.18. The van der Waals surface area contributed by atoms with Crippen LogP contribution in [0.15, 0.2) is 24.4 Å². The Morgan fingerprint density at radius 2 is 2.25 bits per heavy atom. The molecule has 0 saturated heterocycles.